The summed E-state index contributed by atoms with van der Waals surface area (Å²) in [6.07, 6.45) is -1.12. The summed E-state index contributed by atoms with van der Waals surface area (Å²) in [5.74, 6) is -1.42. The van der Waals surface area contributed by atoms with Gasteiger partial charge in [0.15, 0.2) is 17.7 Å². The summed E-state index contributed by atoms with van der Waals surface area (Å²) in [6, 6.07) is 15.1. The molecule has 2 aromatic carbocycles. The lowest BCUT2D eigenvalue weighted by Gasteiger charge is -2.14. The first kappa shape index (κ1) is 20.0. The quantitative estimate of drug-likeness (QED) is 0.570. The number of ketones is 2. The van der Waals surface area contributed by atoms with Crippen molar-refractivity contribution >= 4 is 29.1 Å². The van der Waals surface area contributed by atoms with Gasteiger partial charge in [-0.15, -0.1) is 0 Å². The van der Waals surface area contributed by atoms with Crippen molar-refractivity contribution in [3.8, 4) is 0 Å². The lowest BCUT2D eigenvalue weighted by molar-refractivity contribution is -0.153. The largest absolute Gasteiger partial charge is 0.453 e. The highest BCUT2D eigenvalue weighted by Gasteiger charge is 2.19. The summed E-state index contributed by atoms with van der Waals surface area (Å²) in [5.41, 5.74) is 1.44. The summed E-state index contributed by atoms with van der Waals surface area (Å²) in [7, 11) is 0. The zero-order chi connectivity index (χ0) is 19.8. The van der Waals surface area contributed by atoms with Gasteiger partial charge >= 0.3 is 5.97 Å². The zero-order valence-electron chi connectivity index (χ0n) is 15.2. The molecule has 27 heavy (non-hydrogen) atoms. The normalized spacial score (nSPS) is 11.3. The van der Waals surface area contributed by atoms with Gasteiger partial charge in [-0.25, -0.2) is 0 Å². The van der Waals surface area contributed by atoms with Gasteiger partial charge in [0.05, 0.1) is 6.42 Å². The van der Waals surface area contributed by atoms with E-state index < -0.39 is 18.0 Å². The predicted molar refractivity (Wildman–Crippen MR) is 101 cm³/mol. The van der Waals surface area contributed by atoms with Crippen LogP contribution in [0.4, 0.5) is 5.69 Å². The molecule has 1 amide bonds. The summed E-state index contributed by atoms with van der Waals surface area (Å²) in [4.78, 5) is 47.4. The second-order valence-corrected chi connectivity index (χ2v) is 6.05. The molecule has 0 aromatic heterocycles. The van der Waals surface area contributed by atoms with E-state index in [2.05, 4.69) is 5.32 Å². The van der Waals surface area contributed by atoms with Crippen LogP contribution in [0.5, 0.6) is 0 Å². The fourth-order valence-electron chi connectivity index (χ4n) is 2.35. The molecule has 0 bridgehead atoms. The molecule has 0 aliphatic rings. The first-order valence-electron chi connectivity index (χ1n) is 8.56. The molecule has 0 aliphatic carbocycles. The van der Waals surface area contributed by atoms with Crippen LogP contribution in [0, 0.1) is 0 Å². The minimum atomic E-state index is -1.02. The van der Waals surface area contributed by atoms with Crippen LogP contribution in [-0.4, -0.2) is 29.5 Å². The zero-order valence-corrected chi connectivity index (χ0v) is 15.2. The Kier molecular flexibility index (Phi) is 7.00. The number of esters is 1. The average molecular weight is 367 g/mol. The number of carbonyl (C=O) groups excluding carboxylic acids is 4. The molecule has 1 atom stereocenters. The van der Waals surface area contributed by atoms with Crippen LogP contribution < -0.4 is 5.32 Å². The van der Waals surface area contributed by atoms with E-state index in [4.69, 9.17) is 4.74 Å². The van der Waals surface area contributed by atoms with Crippen molar-refractivity contribution in [2.75, 3.05) is 5.32 Å². The van der Waals surface area contributed by atoms with Crippen molar-refractivity contribution in [1.82, 2.24) is 0 Å². The van der Waals surface area contributed by atoms with Gasteiger partial charge in [-0.3, -0.25) is 19.2 Å². The second-order valence-electron chi connectivity index (χ2n) is 6.05. The molecule has 0 fully saturated rings. The monoisotopic (exact) mass is 367 g/mol. The van der Waals surface area contributed by atoms with Crippen molar-refractivity contribution in [2.24, 2.45) is 0 Å². The van der Waals surface area contributed by atoms with E-state index in [0.29, 0.717) is 16.8 Å². The Labute approximate surface area is 157 Å². The molecule has 6 nitrogen and oxygen atoms in total. The van der Waals surface area contributed by atoms with Gasteiger partial charge in [0, 0.05) is 23.2 Å². The van der Waals surface area contributed by atoms with Crippen LogP contribution in [0.25, 0.3) is 0 Å². The molecule has 2 aromatic rings. The van der Waals surface area contributed by atoms with Crippen molar-refractivity contribution in [3.63, 3.8) is 0 Å². The fraction of sp³-hybridized carbons (Fsp3) is 0.238. The van der Waals surface area contributed by atoms with Crippen LogP contribution in [-0.2, 0) is 14.3 Å². The van der Waals surface area contributed by atoms with Crippen LogP contribution in [0.3, 0.4) is 0 Å². The standard InChI is InChI=1S/C21H21NO5/c1-14(23)17-9-6-10-18(13-17)22-21(26)15(2)27-20(25)12-11-19(24)16-7-4-3-5-8-16/h3-10,13,15H,11-12H2,1-2H3,(H,22,26)/t15-/m0/s1. The number of ether oxygens (including phenoxy) is 1. The van der Waals surface area contributed by atoms with E-state index in [0.717, 1.165) is 0 Å². The van der Waals surface area contributed by atoms with Gasteiger partial charge in [0.25, 0.3) is 5.91 Å². The third-order valence-corrected chi connectivity index (χ3v) is 3.87. The molecular formula is C21H21NO5. The molecule has 0 saturated heterocycles. The summed E-state index contributed by atoms with van der Waals surface area (Å²) in [6.45, 7) is 2.88. The maximum Gasteiger partial charge on any atom is 0.307 e. The number of benzene rings is 2. The van der Waals surface area contributed by atoms with Crippen LogP contribution >= 0.6 is 0 Å². The van der Waals surface area contributed by atoms with E-state index >= 15 is 0 Å². The van der Waals surface area contributed by atoms with Gasteiger partial charge in [-0.05, 0) is 26.0 Å². The Morgan fingerprint density at radius 3 is 2.26 bits per heavy atom. The summed E-state index contributed by atoms with van der Waals surface area (Å²) in [5, 5.41) is 2.60. The molecule has 140 valence electrons. The van der Waals surface area contributed by atoms with Crippen molar-refractivity contribution in [3.05, 3.63) is 65.7 Å². The molecule has 2 rings (SSSR count). The van der Waals surface area contributed by atoms with Gasteiger partial charge < -0.3 is 10.1 Å². The Morgan fingerprint density at radius 2 is 1.59 bits per heavy atom. The Hall–Kier alpha value is -3.28. The van der Waals surface area contributed by atoms with Crippen LogP contribution in [0.2, 0.25) is 0 Å². The molecule has 6 heteroatoms. The minimum Gasteiger partial charge on any atom is -0.453 e. The number of hydrogen-bond donors (Lipinski definition) is 1. The SMILES string of the molecule is CC(=O)c1cccc(NC(=O)[C@H](C)OC(=O)CCC(=O)c2ccccc2)c1. The van der Waals surface area contributed by atoms with Crippen molar-refractivity contribution in [2.45, 2.75) is 32.8 Å². The first-order chi connectivity index (χ1) is 12.9. The van der Waals surface area contributed by atoms with Gasteiger partial charge in [0.1, 0.15) is 0 Å². The molecule has 1 N–H and O–H groups in total. The number of amides is 1. The summed E-state index contributed by atoms with van der Waals surface area (Å²) < 4.78 is 5.08. The van der Waals surface area contributed by atoms with E-state index in [9.17, 15) is 19.2 Å². The number of rotatable bonds is 8. The molecule has 0 heterocycles. The predicted octanol–water partition coefficient (Wildman–Crippen LogP) is 3.42. The molecule has 0 radical (unpaired) electrons. The first-order valence-corrected chi connectivity index (χ1v) is 8.56. The number of anilines is 1. The molecule has 0 unspecified atom stereocenters. The molecule has 0 saturated carbocycles. The maximum absolute atomic E-state index is 12.1. The minimum absolute atomic E-state index is 0.0117. The summed E-state index contributed by atoms with van der Waals surface area (Å²) >= 11 is 0. The number of carbonyl (C=O) groups is 4. The van der Waals surface area contributed by atoms with Crippen molar-refractivity contribution in [1.29, 1.82) is 0 Å². The highest BCUT2D eigenvalue weighted by Crippen LogP contribution is 2.12. The average Bonchev–Trinajstić information content (AvgIpc) is 2.66. The Bertz CT molecular complexity index is 845. The molecular weight excluding hydrogens is 346 g/mol. The second kappa shape index (κ2) is 9.43. The topological polar surface area (TPSA) is 89.5 Å². The third-order valence-electron chi connectivity index (χ3n) is 3.87. The lowest BCUT2D eigenvalue weighted by atomic mass is 10.1. The number of nitrogens with one attached hydrogen (secondary N) is 1. The highest BCUT2D eigenvalue weighted by molar-refractivity contribution is 5.99. The highest BCUT2D eigenvalue weighted by atomic mass is 16.5. The third kappa shape index (κ3) is 6.18. The smallest absolute Gasteiger partial charge is 0.307 e. The Morgan fingerprint density at radius 1 is 0.926 bits per heavy atom. The van der Waals surface area contributed by atoms with E-state index in [-0.39, 0.29) is 24.4 Å². The lowest BCUT2D eigenvalue weighted by Crippen LogP contribution is -2.30. The fourth-order valence-corrected chi connectivity index (χ4v) is 2.35. The number of Topliss-reactive ketones (excluding diaryl/α,β-unsaturated/α-hetero) is 2. The van der Waals surface area contributed by atoms with E-state index in [1.165, 1.54) is 13.8 Å². The molecule has 0 aliphatic heterocycles. The number of hydrogen-bond acceptors (Lipinski definition) is 5. The van der Waals surface area contributed by atoms with E-state index in [1.54, 1.807) is 54.6 Å². The van der Waals surface area contributed by atoms with Gasteiger partial charge in [-0.1, -0.05) is 42.5 Å². The van der Waals surface area contributed by atoms with Gasteiger partial charge in [0.2, 0.25) is 0 Å². The Balaban J connectivity index is 1.83. The van der Waals surface area contributed by atoms with Gasteiger partial charge in [-0.2, -0.15) is 0 Å². The molecule has 0 spiro atoms. The van der Waals surface area contributed by atoms with E-state index in [1.807, 2.05) is 0 Å². The van der Waals surface area contributed by atoms with Crippen LogP contribution in [0.1, 0.15) is 47.4 Å². The van der Waals surface area contributed by atoms with Crippen molar-refractivity contribution < 1.29 is 23.9 Å². The maximum atomic E-state index is 12.1. The van der Waals surface area contributed by atoms with Crippen LogP contribution in [0.15, 0.2) is 54.6 Å².